The largest absolute Gasteiger partial charge is 0.416 e. The van der Waals surface area contributed by atoms with Crippen LogP contribution in [0.1, 0.15) is 12.5 Å². The third-order valence-corrected chi connectivity index (χ3v) is 2.26. The van der Waals surface area contributed by atoms with Crippen LogP contribution >= 0.6 is 0 Å². The molecule has 7 nitrogen and oxygen atoms in total. The second-order valence-corrected chi connectivity index (χ2v) is 4.12. The van der Waals surface area contributed by atoms with Gasteiger partial charge in [-0.15, -0.1) is 0 Å². The molecule has 0 atom stereocenters. The summed E-state index contributed by atoms with van der Waals surface area (Å²) in [7, 11) is 0. The Hall–Kier alpha value is -2.78. The van der Waals surface area contributed by atoms with Gasteiger partial charge in [-0.1, -0.05) is 6.07 Å². The lowest BCUT2D eigenvalue weighted by Crippen LogP contribution is -2.47. The molecule has 1 aromatic carbocycles. The number of anilines is 1. The van der Waals surface area contributed by atoms with Crippen molar-refractivity contribution in [3.63, 3.8) is 0 Å². The third kappa shape index (κ3) is 6.11. The zero-order valence-electron chi connectivity index (χ0n) is 11.4. The summed E-state index contributed by atoms with van der Waals surface area (Å²) in [5.41, 5.74) is 2.88. The van der Waals surface area contributed by atoms with Gasteiger partial charge in [0.2, 0.25) is 5.91 Å². The van der Waals surface area contributed by atoms with Crippen molar-refractivity contribution in [2.24, 2.45) is 0 Å². The lowest BCUT2D eigenvalue weighted by atomic mass is 10.2. The van der Waals surface area contributed by atoms with Gasteiger partial charge in [0, 0.05) is 12.6 Å². The van der Waals surface area contributed by atoms with Crippen LogP contribution in [-0.4, -0.2) is 24.4 Å². The average molecular weight is 318 g/mol. The van der Waals surface area contributed by atoms with Crippen LogP contribution in [0.4, 0.5) is 23.7 Å². The molecule has 0 saturated carbocycles. The van der Waals surface area contributed by atoms with Gasteiger partial charge in [-0.3, -0.25) is 15.0 Å². The zero-order chi connectivity index (χ0) is 16.8. The van der Waals surface area contributed by atoms with Gasteiger partial charge in [0.05, 0.1) is 12.1 Å². The fourth-order valence-corrected chi connectivity index (χ4v) is 1.31. The molecule has 0 saturated heterocycles. The quantitative estimate of drug-likeness (QED) is 0.626. The lowest BCUT2D eigenvalue weighted by molar-refractivity contribution is -0.137. The van der Waals surface area contributed by atoms with E-state index in [0.29, 0.717) is 0 Å². The number of urea groups is 1. The summed E-state index contributed by atoms with van der Waals surface area (Å²) in [5.74, 6) is -1.13. The summed E-state index contributed by atoms with van der Waals surface area (Å²) in [6, 6.07) is 3.06. The molecule has 0 unspecified atom stereocenters. The lowest BCUT2D eigenvalue weighted by Gasteiger charge is -2.11. The monoisotopic (exact) mass is 318 g/mol. The van der Waals surface area contributed by atoms with Gasteiger partial charge in [0.25, 0.3) is 5.91 Å². The maximum absolute atomic E-state index is 12.5. The van der Waals surface area contributed by atoms with Crippen LogP contribution in [-0.2, 0) is 15.8 Å². The number of alkyl halides is 3. The number of carbonyl (C=O) groups excluding carboxylic acids is 3. The highest BCUT2D eigenvalue weighted by molar-refractivity contribution is 5.91. The molecular formula is C12H13F3N4O3. The number of rotatable bonds is 3. The first kappa shape index (κ1) is 17.3. The van der Waals surface area contributed by atoms with Gasteiger partial charge in [0.1, 0.15) is 0 Å². The van der Waals surface area contributed by atoms with E-state index in [-0.39, 0.29) is 12.2 Å². The van der Waals surface area contributed by atoms with Gasteiger partial charge in [-0.25, -0.2) is 10.2 Å². The van der Waals surface area contributed by atoms with E-state index in [1.807, 2.05) is 10.9 Å². The van der Waals surface area contributed by atoms with Gasteiger partial charge in [0.15, 0.2) is 0 Å². The predicted octanol–water partition coefficient (Wildman–Crippen LogP) is 0.994. The fourth-order valence-electron chi connectivity index (χ4n) is 1.31. The average Bonchev–Trinajstić information content (AvgIpc) is 2.42. The normalized spacial score (nSPS) is 10.5. The van der Waals surface area contributed by atoms with Crippen molar-refractivity contribution in [1.29, 1.82) is 0 Å². The summed E-state index contributed by atoms with van der Waals surface area (Å²) >= 11 is 0. The van der Waals surface area contributed by atoms with Gasteiger partial charge in [-0.2, -0.15) is 13.2 Å². The van der Waals surface area contributed by atoms with Crippen molar-refractivity contribution in [2.45, 2.75) is 13.1 Å². The van der Waals surface area contributed by atoms with Crippen molar-refractivity contribution in [2.75, 3.05) is 11.9 Å². The van der Waals surface area contributed by atoms with Crippen molar-refractivity contribution in [1.82, 2.24) is 16.2 Å². The van der Waals surface area contributed by atoms with Crippen molar-refractivity contribution >= 4 is 23.5 Å². The van der Waals surface area contributed by atoms with Crippen LogP contribution in [0.2, 0.25) is 0 Å². The van der Waals surface area contributed by atoms with Gasteiger partial charge >= 0.3 is 12.2 Å². The van der Waals surface area contributed by atoms with Gasteiger partial charge < -0.3 is 10.6 Å². The first-order valence-corrected chi connectivity index (χ1v) is 5.96. The molecule has 0 bridgehead atoms. The molecule has 0 aliphatic heterocycles. The van der Waals surface area contributed by atoms with Gasteiger partial charge in [-0.05, 0) is 18.2 Å². The molecule has 0 aliphatic rings. The molecule has 4 N–H and O–H groups in total. The summed E-state index contributed by atoms with van der Waals surface area (Å²) in [5, 5.41) is 4.32. The minimum atomic E-state index is -4.53. The number of hydrazine groups is 1. The first-order chi connectivity index (χ1) is 10.2. The highest BCUT2D eigenvalue weighted by Gasteiger charge is 2.30. The molecular weight excluding hydrogens is 305 g/mol. The molecule has 120 valence electrons. The molecule has 1 rings (SSSR count). The Balaban J connectivity index is 2.49. The molecule has 0 fully saturated rings. The standard InChI is InChI=1S/C12H13F3N4O3/c1-7(20)16-6-10(21)18-19-11(22)17-9-4-2-3-8(5-9)12(13,14)15/h2-5H,6H2,1H3,(H,16,20)(H,18,21)(H2,17,19,22). The molecule has 0 aliphatic carbocycles. The number of carbonyl (C=O) groups is 3. The van der Waals surface area contributed by atoms with Crippen LogP contribution in [0.5, 0.6) is 0 Å². The summed E-state index contributed by atoms with van der Waals surface area (Å²) in [6.45, 7) is 0.861. The van der Waals surface area contributed by atoms with E-state index in [2.05, 4.69) is 10.6 Å². The Labute approximate surface area is 123 Å². The SMILES string of the molecule is CC(=O)NCC(=O)NNC(=O)Nc1cccc(C(F)(F)F)c1. The number of nitrogens with one attached hydrogen (secondary N) is 4. The van der Waals surface area contributed by atoms with Crippen molar-refractivity contribution in [3.8, 4) is 0 Å². The van der Waals surface area contributed by atoms with E-state index in [1.165, 1.54) is 13.0 Å². The maximum Gasteiger partial charge on any atom is 0.416 e. The Morgan fingerprint density at radius 1 is 1.14 bits per heavy atom. The number of hydrogen-bond acceptors (Lipinski definition) is 3. The first-order valence-electron chi connectivity index (χ1n) is 5.96. The Morgan fingerprint density at radius 3 is 2.41 bits per heavy atom. The number of amides is 4. The molecule has 0 heterocycles. The molecule has 0 aromatic heterocycles. The third-order valence-electron chi connectivity index (χ3n) is 2.26. The molecule has 0 spiro atoms. The van der Waals surface area contributed by atoms with E-state index in [1.54, 1.807) is 0 Å². The van der Waals surface area contributed by atoms with Crippen LogP contribution < -0.4 is 21.5 Å². The molecule has 4 amide bonds. The highest BCUT2D eigenvalue weighted by Crippen LogP contribution is 2.30. The van der Waals surface area contributed by atoms with Crippen LogP contribution in [0.15, 0.2) is 24.3 Å². The van der Waals surface area contributed by atoms with E-state index >= 15 is 0 Å². The minimum absolute atomic E-state index is 0.0940. The minimum Gasteiger partial charge on any atom is -0.347 e. The fraction of sp³-hybridized carbons (Fsp3) is 0.250. The Morgan fingerprint density at radius 2 is 1.82 bits per heavy atom. The smallest absolute Gasteiger partial charge is 0.347 e. The predicted molar refractivity (Wildman–Crippen MR) is 70.4 cm³/mol. The number of hydrogen-bond donors (Lipinski definition) is 4. The molecule has 10 heteroatoms. The number of benzene rings is 1. The summed E-state index contributed by atoms with van der Waals surface area (Å²) in [4.78, 5) is 33.1. The Kier molecular flexibility index (Phi) is 5.72. The molecule has 22 heavy (non-hydrogen) atoms. The second-order valence-electron chi connectivity index (χ2n) is 4.12. The summed E-state index contributed by atoms with van der Waals surface area (Å²) < 4.78 is 37.5. The maximum atomic E-state index is 12.5. The molecule has 0 radical (unpaired) electrons. The van der Waals surface area contributed by atoms with E-state index in [9.17, 15) is 27.6 Å². The van der Waals surface area contributed by atoms with Crippen molar-refractivity contribution in [3.05, 3.63) is 29.8 Å². The van der Waals surface area contributed by atoms with E-state index < -0.39 is 29.6 Å². The van der Waals surface area contributed by atoms with E-state index in [0.717, 1.165) is 18.2 Å². The van der Waals surface area contributed by atoms with Crippen molar-refractivity contribution < 1.29 is 27.6 Å². The zero-order valence-corrected chi connectivity index (χ0v) is 11.4. The Bertz CT molecular complexity index is 575. The van der Waals surface area contributed by atoms with Crippen LogP contribution in [0.25, 0.3) is 0 Å². The van der Waals surface area contributed by atoms with E-state index in [4.69, 9.17) is 0 Å². The summed E-state index contributed by atoms with van der Waals surface area (Å²) in [6.07, 6.45) is -4.53. The topological polar surface area (TPSA) is 99.3 Å². The van der Waals surface area contributed by atoms with Crippen LogP contribution in [0, 0.1) is 0 Å². The van der Waals surface area contributed by atoms with Crippen LogP contribution in [0.3, 0.4) is 0 Å². The second kappa shape index (κ2) is 7.29. The molecule has 1 aromatic rings. The number of halogens is 3. The highest BCUT2D eigenvalue weighted by atomic mass is 19.4.